The molecule has 0 nitrogen and oxygen atoms in total. The van der Waals surface area contributed by atoms with Gasteiger partial charge in [-0.2, -0.15) is 0 Å². The van der Waals surface area contributed by atoms with E-state index in [0.29, 0.717) is 0 Å². The molecule has 75 valence electrons. The van der Waals surface area contributed by atoms with Gasteiger partial charge in [0.25, 0.3) is 0 Å². The molecule has 14 heavy (non-hydrogen) atoms. The molecule has 1 aromatic carbocycles. The number of rotatable bonds is 5. The van der Waals surface area contributed by atoms with Crippen LogP contribution < -0.4 is 0 Å². The zero-order chi connectivity index (χ0) is 10.2. The topological polar surface area (TPSA) is 0 Å². The standard InChI is InChI=1S/C13H17S/c1-3-4-5-6-7-12-8-10-13(14-2)11-9-12/h4-5,8-11H,1,3,6-7H2,2H3/b5-4+. The van der Waals surface area contributed by atoms with E-state index < -0.39 is 0 Å². The van der Waals surface area contributed by atoms with Crippen molar-refractivity contribution < 1.29 is 0 Å². The maximum absolute atomic E-state index is 3.76. The lowest BCUT2D eigenvalue weighted by molar-refractivity contribution is 0.993. The zero-order valence-corrected chi connectivity index (χ0v) is 9.52. The van der Waals surface area contributed by atoms with Crippen molar-refractivity contribution in [2.24, 2.45) is 0 Å². The summed E-state index contributed by atoms with van der Waals surface area (Å²) < 4.78 is 0. The lowest BCUT2D eigenvalue weighted by atomic mass is 10.1. The molecule has 0 heterocycles. The van der Waals surface area contributed by atoms with Gasteiger partial charge in [0.05, 0.1) is 0 Å². The minimum absolute atomic E-state index is 0.894. The summed E-state index contributed by atoms with van der Waals surface area (Å²) in [4.78, 5) is 1.34. The van der Waals surface area contributed by atoms with E-state index in [2.05, 4.69) is 49.6 Å². The van der Waals surface area contributed by atoms with Crippen LogP contribution in [0.5, 0.6) is 0 Å². The predicted octanol–water partition coefficient (Wildman–Crippen LogP) is 4.12. The Morgan fingerprint density at radius 3 is 2.50 bits per heavy atom. The molecule has 0 aliphatic heterocycles. The maximum Gasteiger partial charge on any atom is 0.00693 e. The van der Waals surface area contributed by atoms with Gasteiger partial charge in [-0.3, -0.25) is 0 Å². The van der Waals surface area contributed by atoms with Crippen molar-refractivity contribution in [3.05, 3.63) is 48.9 Å². The highest BCUT2D eigenvalue weighted by Crippen LogP contribution is 2.15. The van der Waals surface area contributed by atoms with Gasteiger partial charge < -0.3 is 0 Å². The van der Waals surface area contributed by atoms with Crippen LogP contribution in [0.2, 0.25) is 0 Å². The molecule has 0 aromatic heterocycles. The van der Waals surface area contributed by atoms with Crippen LogP contribution in [0.4, 0.5) is 0 Å². The maximum atomic E-state index is 3.76. The first kappa shape index (κ1) is 11.4. The second kappa shape index (κ2) is 6.72. The Morgan fingerprint density at radius 1 is 1.21 bits per heavy atom. The lowest BCUT2D eigenvalue weighted by Crippen LogP contribution is -1.82. The van der Waals surface area contributed by atoms with Crippen molar-refractivity contribution in [1.29, 1.82) is 0 Å². The van der Waals surface area contributed by atoms with Crippen LogP contribution in [-0.4, -0.2) is 6.26 Å². The molecule has 0 fully saturated rings. The van der Waals surface area contributed by atoms with Crippen LogP contribution in [-0.2, 0) is 6.42 Å². The molecule has 0 aliphatic rings. The van der Waals surface area contributed by atoms with Crippen LogP contribution in [0.1, 0.15) is 18.4 Å². The Morgan fingerprint density at radius 2 is 1.93 bits per heavy atom. The molecule has 0 N–H and O–H groups in total. The normalized spacial score (nSPS) is 11.0. The fraction of sp³-hybridized carbons (Fsp3) is 0.308. The summed E-state index contributed by atoms with van der Waals surface area (Å²) in [7, 11) is 0. The SMILES string of the molecule is [CH2]C/C=C/CCc1ccc(SC)cc1. The largest absolute Gasteiger partial charge is 0.130 e. The number of aryl methyl sites for hydroxylation is 1. The molecule has 0 amide bonds. The number of hydrogen-bond donors (Lipinski definition) is 0. The second-order valence-electron chi connectivity index (χ2n) is 3.15. The first-order valence-corrected chi connectivity index (χ1v) is 6.16. The van der Waals surface area contributed by atoms with Gasteiger partial charge in [-0.25, -0.2) is 0 Å². The third kappa shape index (κ3) is 4.01. The quantitative estimate of drug-likeness (QED) is 0.514. The summed E-state index contributed by atoms with van der Waals surface area (Å²) in [5.41, 5.74) is 1.41. The second-order valence-corrected chi connectivity index (χ2v) is 4.03. The van der Waals surface area contributed by atoms with Gasteiger partial charge in [-0.15, -0.1) is 11.8 Å². The summed E-state index contributed by atoms with van der Waals surface area (Å²) in [6.07, 6.45) is 9.57. The molecule has 0 aliphatic carbocycles. The Hall–Kier alpha value is -0.690. The Bertz CT molecular complexity index is 272. The van der Waals surface area contributed by atoms with E-state index in [9.17, 15) is 0 Å². The van der Waals surface area contributed by atoms with Gasteiger partial charge in [0.2, 0.25) is 0 Å². The van der Waals surface area contributed by atoms with Gasteiger partial charge in [-0.05, 0) is 50.1 Å². The summed E-state index contributed by atoms with van der Waals surface area (Å²) in [6.45, 7) is 3.76. The number of benzene rings is 1. The molecule has 0 atom stereocenters. The van der Waals surface area contributed by atoms with Gasteiger partial charge >= 0.3 is 0 Å². The third-order valence-corrected chi connectivity index (χ3v) is 2.84. The van der Waals surface area contributed by atoms with Crippen LogP contribution in [0, 0.1) is 6.92 Å². The molecule has 1 rings (SSSR count). The van der Waals surface area contributed by atoms with E-state index in [1.54, 1.807) is 11.8 Å². The van der Waals surface area contributed by atoms with Crippen molar-refractivity contribution in [3.63, 3.8) is 0 Å². The highest BCUT2D eigenvalue weighted by atomic mass is 32.2. The molecule has 0 spiro atoms. The zero-order valence-electron chi connectivity index (χ0n) is 8.70. The molecule has 1 aromatic rings. The summed E-state index contributed by atoms with van der Waals surface area (Å²) in [5, 5.41) is 0. The minimum atomic E-state index is 0.894. The predicted molar refractivity (Wildman–Crippen MR) is 65.7 cm³/mol. The number of allylic oxidation sites excluding steroid dienone is 2. The van der Waals surface area contributed by atoms with E-state index in [1.165, 1.54) is 10.5 Å². The average Bonchev–Trinajstić information content (AvgIpc) is 2.25. The minimum Gasteiger partial charge on any atom is -0.130 e. The van der Waals surface area contributed by atoms with Crippen LogP contribution in [0.25, 0.3) is 0 Å². The van der Waals surface area contributed by atoms with Gasteiger partial charge in [-0.1, -0.05) is 24.3 Å². The van der Waals surface area contributed by atoms with E-state index in [1.807, 2.05) is 0 Å². The highest BCUT2D eigenvalue weighted by Gasteiger charge is 1.92. The van der Waals surface area contributed by atoms with Gasteiger partial charge in [0, 0.05) is 4.90 Å². The fourth-order valence-electron chi connectivity index (χ4n) is 1.28. The van der Waals surface area contributed by atoms with Gasteiger partial charge in [0.1, 0.15) is 0 Å². The molecular weight excluding hydrogens is 188 g/mol. The van der Waals surface area contributed by atoms with Crippen LogP contribution >= 0.6 is 11.8 Å². The van der Waals surface area contributed by atoms with Crippen molar-refractivity contribution in [2.75, 3.05) is 6.26 Å². The van der Waals surface area contributed by atoms with E-state index in [-0.39, 0.29) is 0 Å². The fourth-order valence-corrected chi connectivity index (χ4v) is 1.69. The molecule has 0 saturated heterocycles. The first-order chi connectivity index (χ1) is 6.86. The molecular formula is C13H17S. The molecule has 0 saturated carbocycles. The monoisotopic (exact) mass is 205 g/mol. The van der Waals surface area contributed by atoms with E-state index >= 15 is 0 Å². The summed E-state index contributed by atoms with van der Waals surface area (Å²) in [6, 6.07) is 8.80. The Kier molecular flexibility index (Phi) is 5.46. The van der Waals surface area contributed by atoms with E-state index in [4.69, 9.17) is 0 Å². The first-order valence-electron chi connectivity index (χ1n) is 4.94. The van der Waals surface area contributed by atoms with Crippen molar-refractivity contribution in [1.82, 2.24) is 0 Å². The van der Waals surface area contributed by atoms with Crippen LogP contribution in [0.3, 0.4) is 0 Å². The smallest absolute Gasteiger partial charge is 0.00693 e. The summed E-state index contributed by atoms with van der Waals surface area (Å²) >= 11 is 1.79. The molecule has 0 bridgehead atoms. The number of thioether (sulfide) groups is 1. The summed E-state index contributed by atoms with van der Waals surface area (Å²) in [5.74, 6) is 0. The Labute approximate surface area is 91.4 Å². The molecule has 1 heteroatoms. The average molecular weight is 205 g/mol. The third-order valence-electron chi connectivity index (χ3n) is 2.09. The Balaban J connectivity index is 2.40. The van der Waals surface area contributed by atoms with E-state index in [0.717, 1.165) is 19.3 Å². The van der Waals surface area contributed by atoms with Crippen molar-refractivity contribution in [3.8, 4) is 0 Å². The number of hydrogen-bond acceptors (Lipinski definition) is 1. The molecule has 0 unspecified atom stereocenters. The molecule has 1 radical (unpaired) electrons. The lowest BCUT2D eigenvalue weighted by Gasteiger charge is -1.99. The van der Waals surface area contributed by atoms with Crippen LogP contribution in [0.15, 0.2) is 41.3 Å². The van der Waals surface area contributed by atoms with Gasteiger partial charge in [0.15, 0.2) is 0 Å². The van der Waals surface area contributed by atoms with Crippen molar-refractivity contribution in [2.45, 2.75) is 24.2 Å². The van der Waals surface area contributed by atoms with Crippen molar-refractivity contribution >= 4 is 11.8 Å². The highest BCUT2D eigenvalue weighted by molar-refractivity contribution is 7.98.